The van der Waals surface area contributed by atoms with E-state index in [2.05, 4.69) is 15.4 Å². The van der Waals surface area contributed by atoms with Gasteiger partial charge in [0.05, 0.1) is 6.54 Å². The number of carbonyl (C=O) groups excluding carboxylic acids is 1. The van der Waals surface area contributed by atoms with Gasteiger partial charge in [-0.3, -0.25) is 4.79 Å². The van der Waals surface area contributed by atoms with Gasteiger partial charge in [-0.2, -0.15) is 5.10 Å². The normalized spacial score (nSPS) is 10.7. The lowest BCUT2D eigenvalue weighted by Crippen LogP contribution is -2.20. The van der Waals surface area contributed by atoms with E-state index in [9.17, 15) is 4.79 Å². The van der Waals surface area contributed by atoms with Gasteiger partial charge in [0.25, 0.3) is 0 Å². The monoisotopic (exact) mass is 309 g/mol. The number of aryl methyl sites for hydroxylation is 2. The zero-order chi connectivity index (χ0) is 16.2. The van der Waals surface area contributed by atoms with Crippen molar-refractivity contribution >= 4 is 11.6 Å². The van der Waals surface area contributed by atoms with Crippen LogP contribution in [0.1, 0.15) is 17.0 Å². The van der Waals surface area contributed by atoms with Gasteiger partial charge in [-0.25, -0.2) is 9.67 Å². The fourth-order valence-corrected chi connectivity index (χ4v) is 2.49. The zero-order valence-electron chi connectivity index (χ0n) is 13.2. The number of benzene rings is 1. The Hall–Kier alpha value is -2.89. The molecule has 0 atom stereocenters. The van der Waals surface area contributed by atoms with Crippen molar-refractivity contribution in [2.45, 2.75) is 26.9 Å². The van der Waals surface area contributed by atoms with E-state index >= 15 is 0 Å². The van der Waals surface area contributed by atoms with Crippen molar-refractivity contribution in [3.8, 4) is 0 Å². The maximum atomic E-state index is 12.2. The summed E-state index contributed by atoms with van der Waals surface area (Å²) in [5.41, 5.74) is 4.06. The standard InChI is InChI=1S/C17H19N5O/c1-13-3-4-14(2)22(13)10-17(23)20-16-7-5-15(6-8-16)9-21-12-18-11-19-21/h3-8,11-12H,9-10H2,1-2H3,(H,20,23). The number of amides is 1. The minimum atomic E-state index is -0.0311. The predicted octanol–water partition coefficient (Wildman–Crippen LogP) is 2.38. The minimum Gasteiger partial charge on any atom is -0.340 e. The molecule has 3 aromatic rings. The molecule has 0 spiro atoms. The Labute approximate surface area is 134 Å². The molecule has 0 fully saturated rings. The van der Waals surface area contributed by atoms with Crippen LogP contribution in [0.3, 0.4) is 0 Å². The van der Waals surface area contributed by atoms with Crippen LogP contribution < -0.4 is 5.32 Å². The highest BCUT2D eigenvalue weighted by Gasteiger charge is 2.07. The van der Waals surface area contributed by atoms with E-state index in [-0.39, 0.29) is 5.91 Å². The van der Waals surface area contributed by atoms with Gasteiger partial charge in [0, 0.05) is 17.1 Å². The Morgan fingerprint density at radius 3 is 2.39 bits per heavy atom. The van der Waals surface area contributed by atoms with Crippen molar-refractivity contribution in [3.05, 3.63) is 66.0 Å². The van der Waals surface area contributed by atoms with Crippen molar-refractivity contribution < 1.29 is 4.79 Å². The van der Waals surface area contributed by atoms with Crippen LogP contribution in [0.15, 0.2) is 49.1 Å². The first kappa shape index (κ1) is 15.0. The Morgan fingerprint density at radius 2 is 1.78 bits per heavy atom. The summed E-state index contributed by atoms with van der Waals surface area (Å²) in [6.07, 6.45) is 3.19. The molecule has 3 rings (SSSR count). The largest absolute Gasteiger partial charge is 0.340 e. The van der Waals surface area contributed by atoms with Gasteiger partial charge in [0.1, 0.15) is 19.2 Å². The van der Waals surface area contributed by atoms with Gasteiger partial charge >= 0.3 is 0 Å². The molecular weight excluding hydrogens is 290 g/mol. The average Bonchev–Trinajstić information content (AvgIpc) is 3.14. The van der Waals surface area contributed by atoms with Gasteiger partial charge < -0.3 is 9.88 Å². The van der Waals surface area contributed by atoms with Crippen molar-refractivity contribution in [3.63, 3.8) is 0 Å². The molecule has 0 radical (unpaired) electrons. The van der Waals surface area contributed by atoms with Crippen molar-refractivity contribution in [1.82, 2.24) is 19.3 Å². The molecule has 0 unspecified atom stereocenters. The van der Waals surface area contributed by atoms with Crippen molar-refractivity contribution in [2.75, 3.05) is 5.32 Å². The molecule has 0 saturated heterocycles. The predicted molar refractivity (Wildman–Crippen MR) is 88.1 cm³/mol. The van der Waals surface area contributed by atoms with Gasteiger partial charge in [0.2, 0.25) is 5.91 Å². The lowest BCUT2D eigenvalue weighted by molar-refractivity contribution is -0.116. The number of hydrogen-bond acceptors (Lipinski definition) is 3. The molecule has 0 aliphatic rings. The minimum absolute atomic E-state index is 0.0311. The number of aromatic nitrogens is 4. The molecule has 118 valence electrons. The lowest BCUT2D eigenvalue weighted by atomic mass is 10.2. The quantitative estimate of drug-likeness (QED) is 0.787. The maximum absolute atomic E-state index is 12.2. The van der Waals surface area contributed by atoms with Crippen LogP contribution in [0.25, 0.3) is 0 Å². The molecule has 6 heteroatoms. The molecule has 1 amide bonds. The topological polar surface area (TPSA) is 64.7 Å². The SMILES string of the molecule is Cc1ccc(C)n1CC(=O)Nc1ccc(Cn2cncn2)cc1. The molecule has 1 aromatic carbocycles. The fourth-order valence-electron chi connectivity index (χ4n) is 2.49. The van der Waals surface area contributed by atoms with Crippen LogP contribution in [0.4, 0.5) is 5.69 Å². The Bertz CT molecular complexity index is 768. The summed E-state index contributed by atoms with van der Waals surface area (Å²) >= 11 is 0. The second-order valence-electron chi connectivity index (χ2n) is 5.54. The van der Waals surface area contributed by atoms with Gasteiger partial charge in [-0.1, -0.05) is 12.1 Å². The first-order valence-electron chi connectivity index (χ1n) is 7.46. The highest BCUT2D eigenvalue weighted by atomic mass is 16.1. The third kappa shape index (κ3) is 3.66. The zero-order valence-corrected chi connectivity index (χ0v) is 13.2. The van der Waals surface area contributed by atoms with E-state index in [1.54, 1.807) is 11.0 Å². The van der Waals surface area contributed by atoms with Crippen molar-refractivity contribution in [1.29, 1.82) is 0 Å². The Balaban J connectivity index is 1.60. The summed E-state index contributed by atoms with van der Waals surface area (Å²) in [7, 11) is 0. The van der Waals surface area contributed by atoms with E-state index in [0.29, 0.717) is 13.1 Å². The molecule has 0 aliphatic heterocycles. The molecule has 2 heterocycles. The van der Waals surface area contributed by atoms with Gasteiger partial charge in [0.15, 0.2) is 0 Å². The smallest absolute Gasteiger partial charge is 0.244 e. The summed E-state index contributed by atoms with van der Waals surface area (Å²) in [5.74, 6) is -0.0311. The first-order valence-corrected chi connectivity index (χ1v) is 7.46. The maximum Gasteiger partial charge on any atom is 0.244 e. The number of anilines is 1. The second-order valence-corrected chi connectivity index (χ2v) is 5.54. The summed E-state index contributed by atoms with van der Waals surface area (Å²) in [6.45, 7) is 4.99. The first-order chi connectivity index (χ1) is 11.1. The number of nitrogens with zero attached hydrogens (tertiary/aromatic N) is 4. The third-order valence-corrected chi connectivity index (χ3v) is 3.77. The van der Waals surface area contributed by atoms with Crippen LogP contribution in [-0.4, -0.2) is 25.2 Å². The van der Waals surface area contributed by atoms with Crippen LogP contribution in [0, 0.1) is 13.8 Å². The average molecular weight is 309 g/mol. The molecular formula is C17H19N5O. The highest BCUT2D eigenvalue weighted by Crippen LogP contribution is 2.12. The molecule has 23 heavy (non-hydrogen) atoms. The van der Waals surface area contributed by atoms with Crippen LogP contribution in [-0.2, 0) is 17.9 Å². The number of carbonyl (C=O) groups is 1. The number of rotatable bonds is 5. The van der Waals surface area contributed by atoms with E-state index in [1.807, 2.05) is 54.8 Å². The molecule has 0 saturated carbocycles. The molecule has 2 aromatic heterocycles. The van der Waals surface area contributed by atoms with E-state index < -0.39 is 0 Å². The van der Waals surface area contributed by atoms with Crippen LogP contribution in [0.2, 0.25) is 0 Å². The van der Waals surface area contributed by atoms with E-state index in [1.165, 1.54) is 6.33 Å². The number of nitrogens with one attached hydrogen (secondary N) is 1. The van der Waals surface area contributed by atoms with Gasteiger partial charge in [-0.15, -0.1) is 0 Å². The van der Waals surface area contributed by atoms with Crippen molar-refractivity contribution in [2.24, 2.45) is 0 Å². The molecule has 0 aliphatic carbocycles. The lowest BCUT2D eigenvalue weighted by Gasteiger charge is -2.10. The third-order valence-electron chi connectivity index (χ3n) is 3.77. The second kappa shape index (κ2) is 6.48. The summed E-state index contributed by atoms with van der Waals surface area (Å²) in [4.78, 5) is 16.1. The Morgan fingerprint density at radius 1 is 1.09 bits per heavy atom. The van der Waals surface area contributed by atoms with E-state index in [0.717, 1.165) is 22.6 Å². The van der Waals surface area contributed by atoms with Crippen LogP contribution in [0.5, 0.6) is 0 Å². The summed E-state index contributed by atoms with van der Waals surface area (Å²) in [6, 6.07) is 11.8. The fraction of sp³-hybridized carbons (Fsp3) is 0.235. The Kier molecular flexibility index (Phi) is 4.23. The van der Waals surface area contributed by atoms with Crippen LogP contribution >= 0.6 is 0 Å². The number of hydrogen-bond donors (Lipinski definition) is 1. The molecule has 1 N–H and O–H groups in total. The van der Waals surface area contributed by atoms with Gasteiger partial charge in [-0.05, 0) is 43.7 Å². The molecule has 6 nitrogen and oxygen atoms in total. The van der Waals surface area contributed by atoms with E-state index in [4.69, 9.17) is 0 Å². The summed E-state index contributed by atoms with van der Waals surface area (Å²) in [5, 5.41) is 7.00. The molecule has 0 bridgehead atoms. The summed E-state index contributed by atoms with van der Waals surface area (Å²) < 4.78 is 3.75. The highest BCUT2D eigenvalue weighted by molar-refractivity contribution is 5.90.